The topological polar surface area (TPSA) is 25.4 Å². The van der Waals surface area contributed by atoms with E-state index in [1.165, 1.54) is 6.42 Å². The molecule has 0 aliphatic carbocycles. The molecule has 0 spiro atoms. The summed E-state index contributed by atoms with van der Waals surface area (Å²) in [6, 6.07) is 18.1. The molecule has 3 nitrogen and oxygen atoms in total. The fourth-order valence-corrected chi connectivity index (χ4v) is 4.12. The minimum atomic E-state index is 0.500. The van der Waals surface area contributed by atoms with Gasteiger partial charge in [0.15, 0.2) is 0 Å². The van der Waals surface area contributed by atoms with Crippen molar-refractivity contribution < 1.29 is 4.74 Å². The van der Waals surface area contributed by atoms with Gasteiger partial charge >= 0.3 is 0 Å². The van der Waals surface area contributed by atoms with Gasteiger partial charge in [-0.05, 0) is 54.2 Å². The lowest BCUT2D eigenvalue weighted by atomic mass is 9.92. The minimum Gasteiger partial charge on any atom is -0.487 e. The molecule has 140 valence electrons. The summed E-state index contributed by atoms with van der Waals surface area (Å²) in [5.41, 5.74) is 2.01. The van der Waals surface area contributed by atoms with Crippen molar-refractivity contribution in [2.24, 2.45) is 11.8 Å². The van der Waals surface area contributed by atoms with Crippen LogP contribution in [-0.4, -0.2) is 18.1 Å². The molecule has 1 fully saturated rings. The van der Waals surface area contributed by atoms with Crippen molar-refractivity contribution in [2.75, 3.05) is 18.0 Å². The molecule has 3 aromatic rings. The Hall–Kier alpha value is -2.26. The highest BCUT2D eigenvalue weighted by molar-refractivity contribution is 6.30. The van der Waals surface area contributed by atoms with Gasteiger partial charge in [-0.2, -0.15) is 0 Å². The van der Waals surface area contributed by atoms with Gasteiger partial charge in [-0.3, -0.25) is 0 Å². The highest BCUT2D eigenvalue weighted by Gasteiger charge is 2.23. The van der Waals surface area contributed by atoms with Crippen LogP contribution in [0.5, 0.6) is 5.75 Å². The summed E-state index contributed by atoms with van der Waals surface area (Å²) >= 11 is 5.96. The first kappa shape index (κ1) is 18.1. The van der Waals surface area contributed by atoms with Crippen molar-refractivity contribution in [3.05, 3.63) is 65.2 Å². The third kappa shape index (κ3) is 4.19. The van der Waals surface area contributed by atoms with E-state index in [9.17, 15) is 0 Å². The molecule has 1 aliphatic heterocycles. The molecule has 4 rings (SSSR count). The van der Waals surface area contributed by atoms with Crippen molar-refractivity contribution >= 4 is 28.3 Å². The molecule has 2 unspecified atom stereocenters. The van der Waals surface area contributed by atoms with Gasteiger partial charge in [0, 0.05) is 23.5 Å². The molecule has 0 radical (unpaired) electrons. The molecular weight excluding hydrogens is 356 g/mol. The monoisotopic (exact) mass is 380 g/mol. The van der Waals surface area contributed by atoms with E-state index in [0.29, 0.717) is 18.4 Å². The van der Waals surface area contributed by atoms with Gasteiger partial charge < -0.3 is 9.64 Å². The lowest BCUT2D eigenvalue weighted by molar-refractivity contribution is 0.309. The molecular formula is C23H25ClN2O. The summed E-state index contributed by atoms with van der Waals surface area (Å²) in [4.78, 5) is 7.38. The number of nitrogens with zero attached hydrogens (tertiary/aromatic N) is 2. The second kappa shape index (κ2) is 7.77. The van der Waals surface area contributed by atoms with Gasteiger partial charge in [-0.25, -0.2) is 4.98 Å². The number of halogens is 1. The van der Waals surface area contributed by atoms with Crippen LogP contribution in [0.1, 0.15) is 25.8 Å². The Morgan fingerprint density at radius 2 is 1.74 bits per heavy atom. The first-order chi connectivity index (χ1) is 13.1. The lowest BCUT2D eigenvalue weighted by Crippen LogP contribution is -2.39. The number of ether oxygens (including phenoxy) is 1. The highest BCUT2D eigenvalue weighted by atomic mass is 35.5. The zero-order chi connectivity index (χ0) is 18.8. The van der Waals surface area contributed by atoms with Gasteiger partial charge in [-0.15, -0.1) is 0 Å². The number of para-hydroxylation sites is 1. The zero-order valence-corrected chi connectivity index (χ0v) is 16.6. The molecule has 2 heterocycles. The summed E-state index contributed by atoms with van der Waals surface area (Å²) in [5, 5.41) is 1.84. The molecule has 2 atom stereocenters. The Bertz CT molecular complexity index is 915. The van der Waals surface area contributed by atoms with E-state index < -0.39 is 0 Å². The van der Waals surface area contributed by atoms with Crippen LogP contribution in [0.2, 0.25) is 5.02 Å². The van der Waals surface area contributed by atoms with Crippen LogP contribution in [0, 0.1) is 11.8 Å². The zero-order valence-electron chi connectivity index (χ0n) is 15.9. The van der Waals surface area contributed by atoms with E-state index in [1.807, 2.05) is 36.4 Å². The molecule has 4 heteroatoms. The highest BCUT2D eigenvalue weighted by Crippen LogP contribution is 2.30. The maximum Gasteiger partial charge on any atom is 0.146 e. The largest absolute Gasteiger partial charge is 0.487 e. The predicted octanol–water partition coefficient (Wildman–Crippen LogP) is 5.95. The molecule has 0 N–H and O–H groups in total. The van der Waals surface area contributed by atoms with E-state index in [0.717, 1.165) is 46.1 Å². The average molecular weight is 381 g/mol. The number of piperidine rings is 1. The van der Waals surface area contributed by atoms with Crippen LogP contribution in [0.15, 0.2) is 54.6 Å². The van der Waals surface area contributed by atoms with Crippen LogP contribution >= 0.6 is 11.6 Å². The molecule has 0 saturated carbocycles. The van der Waals surface area contributed by atoms with Crippen LogP contribution < -0.4 is 9.64 Å². The fraction of sp³-hybridized carbons (Fsp3) is 0.348. The number of hydrogen-bond acceptors (Lipinski definition) is 3. The van der Waals surface area contributed by atoms with Crippen LogP contribution in [-0.2, 0) is 6.61 Å². The Kier molecular flexibility index (Phi) is 5.22. The number of benzene rings is 2. The van der Waals surface area contributed by atoms with Crippen LogP contribution in [0.4, 0.5) is 5.82 Å². The molecule has 1 saturated heterocycles. The molecule has 2 aromatic carbocycles. The van der Waals surface area contributed by atoms with Gasteiger partial charge in [0.05, 0.1) is 0 Å². The third-order valence-corrected chi connectivity index (χ3v) is 5.42. The standard InChI is InChI=1S/C23H25ClN2O/c1-16-12-17(2)14-26(13-16)22-11-8-19-4-3-5-21(23(19)25-22)27-15-18-6-9-20(24)10-7-18/h3-11,16-17H,12-15H2,1-2H3. The predicted molar refractivity (Wildman–Crippen MR) is 113 cm³/mol. The number of pyridine rings is 1. The Balaban J connectivity index is 1.60. The maximum atomic E-state index is 6.11. The van der Waals surface area contributed by atoms with Crippen molar-refractivity contribution in [1.29, 1.82) is 0 Å². The molecule has 0 bridgehead atoms. The second-order valence-electron chi connectivity index (χ2n) is 7.76. The SMILES string of the molecule is CC1CC(C)CN(c2ccc3cccc(OCc4ccc(Cl)cc4)c3n2)C1. The van der Waals surface area contributed by atoms with Gasteiger partial charge in [0.2, 0.25) is 0 Å². The summed E-state index contributed by atoms with van der Waals surface area (Å²) in [5.74, 6) is 3.26. The van der Waals surface area contributed by atoms with Crippen LogP contribution in [0.25, 0.3) is 10.9 Å². The first-order valence-electron chi connectivity index (χ1n) is 9.60. The Morgan fingerprint density at radius 3 is 2.48 bits per heavy atom. The quantitative estimate of drug-likeness (QED) is 0.559. The Morgan fingerprint density at radius 1 is 1.00 bits per heavy atom. The number of fused-ring (bicyclic) bond motifs is 1. The van der Waals surface area contributed by atoms with E-state index >= 15 is 0 Å². The minimum absolute atomic E-state index is 0.500. The van der Waals surface area contributed by atoms with E-state index in [1.54, 1.807) is 0 Å². The summed E-state index contributed by atoms with van der Waals surface area (Å²) in [6.45, 7) is 7.28. The first-order valence-corrected chi connectivity index (χ1v) is 9.98. The summed E-state index contributed by atoms with van der Waals surface area (Å²) < 4.78 is 6.11. The van der Waals surface area contributed by atoms with Crippen molar-refractivity contribution in [1.82, 2.24) is 4.98 Å². The van der Waals surface area contributed by atoms with Gasteiger partial charge in [0.1, 0.15) is 23.7 Å². The van der Waals surface area contributed by atoms with Crippen LogP contribution in [0.3, 0.4) is 0 Å². The lowest BCUT2D eigenvalue weighted by Gasteiger charge is -2.35. The molecule has 27 heavy (non-hydrogen) atoms. The molecule has 0 amide bonds. The Labute approximate surface area is 165 Å². The van der Waals surface area contributed by atoms with Crippen molar-refractivity contribution in [3.63, 3.8) is 0 Å². The fourth-order valence-electron chi connectivity index (χ4n) is 3.99. The van der Waals surface area contributed by atoms with Crippen molar-refractivity contribution in [2.45, 2.75) is 26.9 Å². The summed E-state index contributed by atoms with van der Waals surface area (Å²) in [6.07, 6.45) is 1.29. The second-order valence-corrected chi connectivity index (χ2v) is 8.20. The number of aromatic nitrogens is 1. The normalized spacial score (nSPS) is 20.0. The average Bonchev–Trinajstić information content (AvgIpc) is 2.66. The third-order valence-electron chi connectivity index (χ3n) is 5.17. The van der Waals surface area contributed by atoms with Gasteiger partial charge in [0.25, 0.3) is 0 Å². The van der Waals surface area contributed by atoms with E-state index in [4.69, 9.17) is 21.3 Å². The maximum absolute atomic E-state index is 6.11. The number of hydrogen-bond donors (Lipinski definition) is 0. The molecule has 1 aromatic heterocycles. The number of anilines is 1. The number of rotatable bonds is 4. The molecule has 1 aliphatic rings. The smallest absolute Gasteiger partial charge is 0.146 e. The van der Waals surface area contributed by atoms with Gasteiger partial charge in [-0.1, -0.05) is 49.7 Å². The van der Waals surface area contributed by atoms with E-state index in [2.05, 4.69) is 36.9 Å². The summed E-state index contributed by atoms with van der Waals surface area (Å²) in [7, 11) is 0. The van der Waals surface area contributed by atoms with Crippen molar-refractivity contribution in [3.8, 4) is 5.75 Å². The van der Waals surface area contributed by atoms with E-state index in [-0.39, 0.29) is 0 Å².